The Balaban J connectivity index is 1.51. The SMILES string of the molecule is CCOc1ccc(NS(=O)(=O)c2cccc(C(=O)Nc3nc4ccccc4[nH]3)c2)cc1. The third-order valence-electron chi connectivity index (χ3n) is 4.45. The summed E-state index contributed by atoms with van der Waals surface area (Å²) in [5.41, 5.74) is 2.08. The first-order valence-corrected chi connectivity index (χ1v) is 11.0. The molecule has 8 nitrogen and oxygen atoms in total. The van der Waals surface area contributed by atoms with Crippen LogP contribution in [0.5, 0.6) is 5.75 Å². The molecule has 0 unspecified atom stereocenters. The van der Waals surface area contributed by atoms with Gasteiger partial charge in [-0.25, -0.2) is 13.4 Å². The highest BCUT2D eigenvalue weighted by atomic mass is 32.2. The lowest BCUT2D eigenvalue weighted by Gasteiger charge is -2.10. The van der Waals surface area contributed by atoms with Crippen molar-refractivity contribution >= 4 is 38.6 Å². The van der Waals surface area contributed by atoms with E-state index < -0.39 is 15.9 Å². The van der Waals surface area contributed by atoms with E-state index in [4.69, 9.17) is 4.74 Å². The summed E-state index contributed by atoms with van der Waals surface area (Å²) in [5, 5.41) is 2.66. The van der Waals surface area contributed by atoms with E-state index in [1.54, 1.807) is 24.3 Å². The number of nitrogens with zero attached hydrogens (tertiary/aromatic N) is 1. The number of ether oxygens (including phenoxy) is 1. The number of fused-ring (bicyclic) bond motifs is 1. The van der Waals surface area contributed by atoms with Gasteiger partial charge in [0.15, 0.2) is 0 Å². The second-order valence-electron chi connectivity index (χ2n) is 6.65. The summed E-state index contributed by atoms with van der Waals surface area (Å²) in [5.74, 6) is 0.457. The zero-order valence-corrected chi connectivity index (χ0v) is 17.4. The van der Waals surface area contributed by atoms with Crippen LogP contribution >= 0.6 is 0 Å². The third kappa shape index (κ3) is 4.67. The van der Waals surface area contributed by atoms with Crippen LogP contribution in [0.2, 0.25) is 0 Å². The van der Waals surface area contributed by atoms with Gasteiger partial charge in [-0.15, -0.1) is 0 Å². The lowest BCUT2D eigenvalue weighted by molar-refractivity contribution is 0.102. The molecule has 1 aromatic heterocycles. The number of sulfonamides is 1. The number of aromatic amines is 1. The predicted molar refractivity (Wildman–Crippen MR) is 119 cm³/mol. The van der Waals surface area contributed by atoms with Crippen molar-refractivity contribution in [3.63, 3.8) is 0 Å². The average Bonchev–Trinajstić information content (AvgIpc) is 3.17. The number of H-pyrrole nitrogens is 1. The summed E-state index contributed by atoms with van der Waals surface area (Å²) < 4.78 is 33.4. The maximum absolute atomic E-state index is 12.8. The van der Waals surface area contributed by atoms with Crippen molar-refractivity contribution in [3.8, 4) is 5.75 Å². The van der Waals surface area contributed by atoms with Crippen molar-refractivity contribution in [2.75, 3.05) is 16.6 Å². The molecule has 0 aliphatic rings. The molecule has 0 atom stereocenters. The van der Waals surface area contributed by atoms with Crippen molar-refractivity contribution < 1.29 is 17.9 Å². The molecular weight excluding hydrogens is 416 g/mol. The molecule has 0 aliphatic carbocycles. The Bertz CT molecular complexity index is 1300. The van der Waals surface area contributed by atoms with Crippen molar-refractivity contribution in [2.45, 2.75) is 11.8 Å². The van der Waals surface area contributed by atoms with E-state index in [1.165, 1.54) is 24.3 Å². The zero-order chi connectivity index (χ0) is 21.8. The number of imidazole rings is 1. The molecule has 4 rings (SSSR count). The second kappa shape index (κ2) is 8.49. The van der Waals surface area contributed by atoms with Crippen molar-refractivity contribution in [2.24, 2.45) is 0 Å². The van der Waals surface area contributed by atoms with E-state index in [9.17, 15) is 13.2 Å². The minimum atomic E-state index is -3.88. The molecule has 0 saturated carbocycles. The fourth-order valence-electron chi connectivity index (χ4n) is 3.00. The van der Waals surface area contributed by atoms with Crippen LogP contribution in [0.1, 0.15) is 17.3 Å². The molecule has 1 amide bonds. The molecule has 0 spiro atoms. The normalized spacial score (nSPS) is 11.3. The van der Waals surface area contributed by atoms with Gasteiger partial charge in [-0.1, -0.05) is 18.2 Å². The first-order valence-electron chi connectivity index (χ1n) is 9.56. The van der Waals surface area contributed by atoms with Gasteiger partial charge in [0.1, 0.15) is 5.75 Å². The number of nitrogens with one attached hydrogen (secondary N) is 3. The maximum Gasteiger partial charge on any atom is 0.261 e. The monoisotopic (exact) mass is 436 g/mol. The summed E-state index contributed by atoms with van der Waals surface area (Å²) >= 11 is 0. The lowest BCUT2D eigenvalue weighted by Crippen LogP contribution is -2.16. The molecule has 0 radical (unpaired) electrons. The molecule has 3 N–H and O–H groups in total. The Morgan fingerprint density at radius 2 is 1.81 bits per heavy atom. The molecule has 1 heterocycles. The first-order chi connectivity index (χ1) is 14.9. The molecule has 9 heteroatoms. The van der Waals surface area contributed by atoms with Gasteiger partial charge >= 0.3 is 0 Å². The van der Waals surface area contributed by atoms with Gasteiger partial charge in [0.05, 0.1) is 22.5 Å². The van der Waals surface area contributed by atoms with Gasteiger partial charge < -0.3 is 9.72 Å². The highest BCUT2D eigenvalue weighted by Gasteiger charge is 2.17. The van der Waals surface area contributed by atoms with Crippen molar-refractivity contribution in [1.82, 2.24) is 9.97 Å². The topological polar surface area (TPSA) is 113 Å². The minimum absolute atomic E-state index is 0.0290. The minimum Gasteiger partial charge on any atom is -0.494 e. The maximum atomic E-state index is 12.8. The number of anilines is 2. The fraction of sp³-hybridized carbons (Fsp3) is 0.0909. The number of para-hydroxylation sites is 2. The molecule has 0 bridgehead atoms. The first kappa shape index (κ1) is 20.4. The van der Waals surface area contributed by atoms with Crippen LogP contribution in [0.25, 0.3) is 11.0 Å². The lowest BCUT2D eigenvalue weighted by atomic mass is 10.2. The molecule has 0 saturated heterocycles. The van der Waals surface area contributed by atoms with E-state index in [1.807, 2.05) is 31.2 Å². The van der Waals surface area contributed by atoms with Gasteiger partial charge in [-0.05, 0) is 61.5 Å². The number of amides is 1. The van der Waals surface area contributed by atoms with Crippen LogP contribution in [-0.2, 0) is 10.0 Å². The van der Waals surface area contributed by atoms with Gasteiger partial charge in [-0.3, -0.25) is 14.8 Å². The molecule has 0 fully saturated rings. The highest BCUT2D eigenvalue weighted by molar-refractivity contribution is 7.92. The Morgan fingerprint density at radius 1 is 1.03 bits per heavy atom. The molecule has 158 valence electrons. The van der Waals surface area contributed by atoms with Gasteiger partial charge in [0.25, 0.3) is 15.9 Å². The van der Waals surface area contributed by atoms with Gasteiger partial charge in [0, 0.05) is 11.3 Å². The standard InChI is InChI=1S/C22H20N4O4S/c1-2-30-17-12-10-16(11-13-17)26-31(28,29)18-7-5-6-15(14-18)21(27)25-22-23-19-8-3-4-9-20(19)24-22/h3-14,26H,2H2,1H3,(H2,23,24,25,27). The Hall–Kier alpha value is -3.85. The van der Waals surface area contributed by atoms with Gasteiger partial charge in [0.2, 0.25) is 5.95 Å². The Labute approximate surface area is 179 Å². The summed E-state index contributed by atoms with van der Waals surface area (Å²) in [7, 11) is -3.88. The quantitative estimate of drug-likeness (QED) is 0.405. The number of carbonyl (C=O) groups excluding carboxylic acids is 1. The second-order valence-corrected chi connectivity index (χ2v) is 8.33. The fourth-order valence-corrected chi connectivity index (χ4v) is 4.10. The summed E-state index contributed by atoms with van der Waals surface area (Å²) in [6.45, 7) is 2.39. The Morgan fingerprint density at radius 3 is 2.55 bits per heavy atom. The van der Waals surface area contributed by atoms with Crippen LogP contribution in [0, 0.1) is 0 Å². The smallest absolute Gasteiger partial charge is 0.261 e. The van der Waals surface area contributed by atoms with Crippen LogP contribution < -0.4 is 14.8 Å². The van der Waals surface area contributed by atoms with E-state index in [0.717, 1.165) is 5.52 Å². The molecule has 31 heavy (non-hydrogen) atoms. The van der Waals surface area contributed by atoms with E-state index >= 15 is 0 Å². The number of hydrogen-bond acceptors (Lipinski definition) is 5. The zero-order valence-electron chi connectivity index (χ0n) is 16.6. The summed E-state index contributed by atoms with van der Waals surface area (Å²) in [6.07, 6.45) is 0. The number of rotatable bonds is 7. The van der Waals surface area contributed by atoms with E-state index in [2.05, 4.69) is 20.0 Å². The Kier molecular flexibility index (Phi) is 5.59. The largest absolute Gasteiger partial charge is 0.494 e. The van der Waals surface area contributed by atoms with E-state index in [0.29, 0.717) is 23.6 Å². The van der Waals surface area contributed by atoms with Crippen LogP contribution in [-0.4, -0.2) is 30.9 Å². The predicted octanol–water partition coefficient (Wildman–Crippen LogP) is 4.01. The number of aromatic nitrogens is 2. The number of hydrogen-bond donors (Lipinski definition) is 3. The van der Waals surface area contributed by atoms with Crippen LogP contribution in [0.15, 0.2) is 77.7 Å². The van der Waals surface area contributed by atoms with E-state index in [-0.39, 0.29) is 16.4 Å². The molecule has 4 aromatic rings. The number of carbonyl (C=O) groups is 1. The summed E-state index contributed by atoms with van der Waals surface area (Å²) in [4.78, 5) is 19.9. The van der Waals surface area contributed by atoms with Crippen LogP contribution in [0.3, 0.4) is 0 Å². The molecule has 0 aliphatic heterocycles. The molecule has 3 aromatic carbocycles. The van der Waals surface area contributed by atoms with Crippen molar-refractivity contribution in [3.05, 3.63) is 78.4 Å². The number of benzene rings is 3. The highest BCUT2D eigenvalue weighted by Crippen LogP contribution is 2.21. The van der Waals surface area contributed by atoms with Gasteiger partial charge in [-0.2, -0.15) is 0 Å². The summed E-state index contributed by atoms with van der Waals surface area (Å²) in [6, 6.07) is 19.7. The molecular formula is C22H20N4O4S. The van der Waals surface area contributed by atoms with Crippen molar-refractivity contribution in [1.29, 1.82) is 0 Å². The average molecular weight is 436 g/mol. The third-order valence-corrected chi connectivity index (χ3v) is 5.82. The van der Waals surface area contributed by atoms with Crippen LogP contribution in [0.4, 0.5) is 11.6 Å².